The van der Waals surface area contributed by atoms with Crippen LogP contribution in [0.2, 0.25) is 0 Å². The highest BCUT2D eigenvalue weighted by atomic mass is 19.4. The van der Waals surface area contributed by atoms with Crippen LogP contribution in [0.1, 0.15) is 19.3 Å². The number of halogens is 11. The standard InChI is InChI=1S/C7H10.C5HF11O/c1-2-7-4-3-6(1)5-7;6-1(3(9,10)11,4(12,13)14)2(7,8)5(15,16)17/h1-2,6-7H,3-5H2;17H. The van der Waals surface area contributed by atoms with Gasteiger partial charge in [-0.25, -0.2) is 4.39 Å². The fraction of sp³-hybridized carbons (Fsp3) is 0.833. The summed E-state index contributed by atoms with van der Waals surface area (Å²) in [5.74, 6) is -5.45. The minimum atomic E-state index is -7.58. The Morgan fingerprint density at radius 3 is 1.08 bits per heavy atom. The minimum Gasteiger partial charge on any atom is -0.331 e. The molecule has 1 N–H and O–H groups in total. The molecule has 0 aromatic heterocycles. The largest absolute Gasteiger partial charge is 0.438 e. The van der Waals surface area contributed by atoms with E-state index in [1.807, 2.05) is 0 Å². The normalized spacial score (nSPS) is 24.8. The second-order valence-corrected chi connectivity index (χ2v) is 5.49. The van der Waals surface area contributed by atoms with Crippen LogP contribution in [0.5, 0.6) is 0 Å². The predicted octanol–water partition coefficient (Wildman–Crippen LogP) is 5.01. The molecule has 0 aliphatic heterocycles. The molecule has 0 aromatic rings. The first kappa shape index (κ1) is 21.0. The maximum absolute atomic E-state index is 12.4. The van der Waals surface area contributed by atoms with Gasteiger partial charge in [-0.1, -0.05) is 12.2 Å². The van der Waals surface area contributed by atoms with Gasteiger partial charge in [0.1, 0.15) is 0 Å². The second-order valence-electron chi connectivity index (χ2n) is 5.49. The molecule has 2 aliphatic carbocycles. The Hall–Kier alpha value is -1.07. The molecule has 2 bridgehead atoms. The smallest absolute Gasteiger partial charge is 0.331 e. The zero-order valence-corrected chi connectivity index (χ0v) is 11.5. The van der Waals surface area contributed by atoms with E-state index in [2.05, 4.69) is 12.2 Å². The van der Waals surface area contributed by atoms with Crippen molar-refractivity contribution < 1.29 is 53.4 Å². The van der Waals surface area contributed by atoms with Crippen molar-refractivity contribution in [2.75, 3.05) is 0 Å². The monoisotopic (exact) mass is 380 g/mol. The van der Waals surface area contributed by atoms with E-state index < -0.39 is 30.1 Å². The third kappa shape index (κ3) is 3.47. The van der Waals surface area contributed by atoms with E-state index in [9.17, 15) is 48.3 Å². The molecule has 1 nitrogen and oxygen atoms in total. The zero-order chi connectivity index (χ0) is 19.2. The number of fused-ring (bicyclic) bond motifs is 2. The van der Waals surface area contributed by atoms with Crippen molar-refractivity contribution in [1.29, 1.82) is 0 Å². The van der Waals surface area contributed by atoms with Gasteiger partial charge in [-0.2, -0.15) is 43.9 Å². The molecular formula is C12H11F11O. The Kier molecular flexibility index (Phi) is 5.27. The van der Waals surface area contributed by atoms with Gasteiger partial charge in [-0.05, 0) is 31.1 Å². The van der Waals surface area contributed by atoms with Crippen molar-refractivity contribution in [3.05, 3.63) is 12.2 Å². The Balaban J connectivity index is 0.000000331. The molecule has 2 atom stereocenters. The molecule has 2 rings (SSSR count). The van der Waals surface area contributed by atoms with Crippen LogP contribution >= 0.6 is 0 Å². The fourth-order valence-electron chi connectivity index (χ4n) is 2.44. The molecule has 0 spiro atoms. The molecule has 1 fully saturated rings. The lowest BCUT2D eigenvalue weighted by Crippen LogP contribution is -2.70. The summed E-state index contributed by atoms with van der Waals surface area (Å²) in [7, 11) is 0. The van der Waals surface area contributed by atoms with Gasteiger partial charge in [0.2, 0.25) is 0 Å². The highest BCUT2D eigenvalue weighted by Crippen LogP contribution is 2.58. The van der Waals surface area contributed by atoms with Crippen molar-refractivity contribution in [3.63, 3.8) is 0 Å². The van der Waals surface area contributed by atoms with Crippen LogP contribution in [0.25, 0.3) is 0 Å². The first-order valence-corrected chi connectivity index (χ1v) is 6.44. The number of alkyl halides is 11. The highest BCUT2D eigenvalue weighted by molar-refractivity contribution is 5.08. The number of rotatable bonds is 2. The summed E-state index contributed by atoms with van der Waals surface area (Å²) in [6, 6.07) is 0. The molecule has 2 unspecified atom stereocenters. The minimum absolute atomic E-state index is 0.991. The molecule has 12 heteroatoms. The van der Waals surface area contributed by atoms with Gasteiger partial charge in [0, 0.05) is 0 Å². The summed E-state index contributed by atoms with van der Waals surface area (Å²) in [5, 5.41) is 7.28. The lowest BCUT2D eigenvalue weighted by atomic mass is 9.95. The molecule has 0 saturated heterocycles. The Labute approximate surface area is 128 Å². The average molecular weight is 380 g/mol. The van der Waals surface area contributed by atoms with Crippen molar-refractivity contribution in [2.24, 2.45) is 11.8 Å². The fourth-order valence-corrected chi connectivity index (χ4v) is 2.44. The number of allylic oxidation sites excluding steroid dienone is 2. The Morgan fingerprint density at radius 2 is 1.00 bits per heavy atom. The molecular weight excluding hydrogens is 369 g/mol. The third-order valence-electron chi connectivity index (χ3n) is 3.76. The summed E-state index contributed by atoms with van der Waals surface area (Å²) in [5.41, 5.74) is -7.58. The molecule has 2 aliphatic rings. The number of aliphatic hydroxyl groups is 1. The van der Waals surface area contributed by atoms with E-state index in [1.54, 1.807) is 0 Å². The van der Waals surface area contributed by atoms with E-state index in [4.69, 9.17) is 5.11 Å². The predicted molar refractivity (Wildman–Crippen MR) is 58.0 cm³/mol. The lowest BCUT2D eigenvalue weighted by molar-refractivity contribution is -0.456. The van der Waals surface area contributed by atoms with Gasteiger partial charge in [-0.15, -0.1) is 0 Å². The van der Waals surface area contributed by atoms with Gasteiger partial charge in [0.15, 0.2) is 0 Å². The number of hydrogen-bond acceptors (Lipinski definition) is 1. The molecule has 0 radical (unpaired) electrons. The summed E-state index contributed by atoms with van der Waals surface area (Å²) >= 11 is 0. The molecule has 142 valence electrons. The number of hydrogen-bond donors (Lipinski definition) is 1. The van der Waals surface area contributed by atoms with Crippen LogP contribution in [0, 0.1) is 11.8 Å². The van der Waals surface area contributed by atoms with E-state index >= 15 is 0 Å². The van der Waals surface area contributed by atoms with Crippen LogP contribution < -0.4 is 0 Å². The maximum Gasteiger partial charge on any atom is 0.438 e. The van der Waals surface area contributed by atoms with Gasteiger partial charge in [0.05, 0.1) is 0 Å². The van der Waals surface area contributed by atoms with E-state index in [0.29, 0.717) is 0 Å². The third-order valence-corrected chi connectivity index (χ3v) is 3.76. The van der Waals surface area contributed by atoms with Crippen LogP contribution in [0.3, 0.4) is 0 Å². The first-order chi connectivity index (χ1) is 10.4. The maximum atomic E-state index is 12.4. The van der Waals surface area contributed by atoms with E-state index in [1.165, 1.54) is 19.3 Å². The average Bonchev–Trinajstić information content (AvgIpc) is 2.98. The van der Waals surface area contributed by atoms with Crippen LogP contribution in [-0.2, 0) is 0 Å². The van der Waals surface area contributed by atoms with Gasteiger partial charge >= 0.3 is 30.1 Å². The van der Waals surface area contributed by atoms with Gasteiger partial charge < -0.3 is 5.11 Å². The van der Waals surface area contributed by atoms with Crippen molar-refractivity contribution in [1.82, 2.24) is 0 Å². The molecule has 0 amide bonds. The summed E-state index contributed by atoms with van der Waals surface area (Å²) in [4.78, 5) is 0. The van der Waals surface area contributed by atoms with Crippen molar-refractivity contribution >= 4 is 0 Å². The Morgan fingerprint density at radius 1 is 0.667 bits per heavy atom. The lowest BCUT2D eigenvalue weighted by Gasteiger charge is -2.37. The van der Waals surface area contributed by atoms with E-state index in [-0.39, 0.29) is 0 Å². The second kappa shape index (κ2) is 6.03. The van der Waals surface area contributed by atoms with Crippen LogP contribution in [0.15, 0.2) is 12.2 Å². The van der Waals surface area contributed by atoms with E-state index in [0.717, 1.165) is 11.8 Å². The Bertz CT molecular complexity index is 445. The highest BCUT2D eigenvalue weighted by Gasteiger charge is 2.90. The van der Waals surface area contributed by atoms with Crippen LogP contribution in [-0.4, -0.2) is 35.2 Å². The molecule has 1 saturated carbocycles. The van der Waals surface area contributed by atoms with Crippen molar-refractivity contribution in [2.45, 2.75) is 49.3 Å². The molecule has 0 heterocycles. The summed E-state index contributed by atoms with van der Waals surface area (Å²) in [6.45, 7) is 0. The SMILES string of the molecule is C1=CC2CCC1C2.OC(F)(F)C(F)(F)C(F)(C(F)(F)F)C(F)(F)F. The quantitative estimate of drug-likeness (QED) is 0.527. The van der Waals surface area contributed by atoms with Crippen molar-refractivity contribution in [3.8, 4) is 0 Å². The molecule has 24 heavy (non-hydrogen) atoms. The van der Waals surface area contributed by atoms with Gasteiger partial charge in [0.25, 0.3) is 0 Å². The van der Waals surface area contributed by atoms with Crippen LogP contribution in [0.4, 0.5) is 48.3 Å². The summed E-state index contributed by atoms with van der Waals surface area (Å²) in [6.07, 6.45) is -12.5. The summed E-state index contributed by atoms with van der Waals surface area (Å²) < 4.78 is 130. The van der Waals surface area contributed by atoms with Gasteiger partial charge in [-0.3, -0.25) is 0 Å². The molecule has 0 aromatic carbocycles. The first-order valence-electron chi connectivity index (χ1n) is 6.44. The zero-order valence-electron chi connectivity index (χ0n) is 11.5. The topological polar surface area (TPSA) is 20.2 Å².